The molecule has 1 nitrogen and oxygen atoms in total. The molecule has 0 saturated carbocycles. The lowest BCUT2D eigenvalue weighted by Crippen LogP contribution is -2.05. The summed E-state index contributed by atoms with van der Waals surface area (Å²) in [6.07, 6.45) is 0. The molecule has 0 radical (unpaired) electrons. The minimum atomic E-state index is -0.601. The third-order valence-electron chi connectivity index (χ3n) is 1.44. The molecule has 5 heteroatoms. The van der Waals surface area contributed by atoms with Crippen LogP contribution in [0.5, 0.6) is 0 Å². The molecule has 0 spiro atoms. The average Bonchev–Trinajstić information content (AvgIpc) is 2.12. The van der Waals surface area contributed by atoms with Crippen LogP contribution in [0.25, 0.3) is 0 Å². The lowest BCUT2D eigenvalue weighted by molar-refractivity contribution is 0.102. The summed E-state index contributed by atoms with van der Waals surface area (Å²) < 4.78 is 13.5. The summed E-state index contributed by atoms with van der Waals surface area (Å²) in [5, 5.41) is -0.155. The smallest absolute Gasteiger partial charge is 0.180 e. The van der Waals surface area contributed by atoms with Crippen LogP contribution in [0.15, 0.2) is 12.1 Å². The molecule has 1 rings (SSSR count). The Morgan fingerprint density at radius 3 is 2.69 bits per heavy atom. The number of halogens is 4. The first-order valence-electron chi connectivity index (χ1n) is 3.30. The van der Waals surface area contributed by atoms with E-state index in [1.54, 1.807) is 0 Å². The zero-order valence-corrected chi connectivity index (χ0v) is 9.95. The summed E-state index contributed by atoms with van der Waals surface area (Å²) in [6.45, 7) is 0. The van der Waals surface area contributed by atoms with Crippen molar-refractivity contribution in [3.8, 4) is 0 Å². The SMILES string of the molecule is O=C(CCl)c1c(I)ccc(F)c1Cl. The Hall–Kier alpha value is 0.130. The Morgan fingerprint density at radius 2 is 2.15 bits per heavy atom. The van der Waals surface area contributed by atoms with E-state index in [9.17, 15) is 9.18 Å². The Bertz CT molecular complexity index is 354. The summed E-state index contributed by atoms with van der Waals surface area (Å²) in [5.41, 5.74) is 0.164. The van der Waals surface area contributed by atoms with Crippen molar-refractivity contribution in [1.82, 2.24) is 0 Å². The van der Waals surface area contributed by atoms with Crippen LogP contribution < -0.4 is 0 Å². The minimum Gasteiger partial charge on any atom is -0.293 e. The first-order valence-corrected chi connectivity index (χ1v) is 5.29. The van der Waals surface area contributed by atoms with E-state index in [-0.39, 0.29) is 22.2 Å². The molecule has 0 heterocycles. The number of hydrogen-bond donors (Lipinski definition) is 0. The minimum absolute atomic E-state index is 0.155. The summed E-state index contributed by atoms with van der Waals surface area (Å²) >= 11 is 12.9. The fourth-order valence-electron chi connectivity index (χ4n) is 0.849. The van der Waals surface area contributed by atoms with Crippen molar-refractivity contribution in [3.05, 3.63) is 32.1 Å². The molecule has 0 aliphatic carbocycles. The number of carbonyl (C=O) groups is 1. The van der Waals surface area contributed by atoms with Gasteiger partial charge in [-0.2, -0.15) is 0 Å². The maximum atomic E-state index is 12.9. The Labute approximate surface area is 98.4 Å². The van der Waals surface area contributed by atoms with Crippen molar-refractivity contribution in [2.24, 2.45) is 0 Å². The summed E-state index contributed by atoms with van der Waals surface area (Å²) in [5.74, 6) is -1.16. The maximum Gasteiger partial charge on any atom is 0.180 e. The second-order valence-electron chi connectivity index (χ2n) is 2.27. The molecule has 0 aromatic heterocycles. The van der Waals surface area contributed by atoms with Crippen molar-refractivity contribution in [2.45, 2.75) is 0 Å². The molecule has 0 atom stereocenters. The monoisotopic (exact) mass is 332 g/mol. The predicted molar refractivity (Wildman–Crippen MR) is 59.2 cm³/mol. The fourth-order valence-corrected chi connectivity index (χ4v) is 2.16. The topological polar surface area (TPSA) is 17.1 Å². The van der Waals surface area contributed by atoms with Gasteiger partial charge >= 0.3 is 0 Å². The van der Waals surface area contributed by atoms with Gasteiger partial charge in [0.2, 0.25) is 0 Å². The van der Waals surface area contributed by atoms with Gasteiger partial charge in [0.1, 0.15) is 5.82 Å². The molecular formula is C8H4Cl2FIO. The van der Waals surface area contributed by atoms with Gasteiger partial charge in [0, 0.05) is 3.57 Å². The van der Waals surface area contributed by atoms with Crippen LogP contribution in [0, 0.1) is 9.39 Å². The lowest BCUT2D eigenvalue weighted by Gasteiger charge is -2.04. The number of ketones is 1. The van der Waals surface area contributed by atoms with Crippen LogP contribution in [0.2, 0.25) is 5.02 Å². The van der Waals surface area contributed by atoms with Crippen molar-refractivity contribution < 1.29 is 9.18 Å². The molecule has 0 amide bonds. The van der Waals surface area contributed by atoms with Gasteiger partial charge < -0.3 is 0 Å². The van der Waals surface area contributed by atoms with Gasteiger partial charge in [-0.25, -0.2) is 4.39 Å². The van der Waals surface area contributed by atoms with Gasteiger partial charge in [-0.3, -0.25) is 4.79 Å². The van der Waals surface area contributed by atoms with Crippen LogP contribution in [0.3, 0.4) is 0 Å². The first kappa shape index (κ1) is 11.2. The molecular weight excluding hydrogens is 329 g/mol. The van der Waals surface area contributed by atoms with E-state index in [1.165, 1.54) is 12.1 Å². The number of Topliss-reactive ketones (excluding diaryl/α,β-unsaturated/α-hetero) is 1. The highest BCUT2D eigenvalue weighted by atomic mass is 127. The molecule has 1 aromatic carbocycles. The van der Waals surface area contributed by atoms with E-state index in [4.69, 9.17) is 23.2 Å². The molecule has 0 aliphatic rings. The second-order valence-corrected chi connectivity index (χ2v) is 4.08. The second kappa shape index (κ2) is 4.57. The van der Waals surface area contributed by atoms with E-state index in [2.05, 4.69) is 0 Å². The van der Waals surface area contributed by atoms with Crippen LogP contribution >= 0.6 is 45.8 Å². The third-order valence-corrected chi connectivity index (χ3v) is 2.96. The zero-order valence-electron chi connectivity index (χ0n) is 6.28. The first-order chi connectivity index (χ1) is 6.07. The van der Waals surface area contributed by atoms with Gasteiger partial charge in [0.05, 0.1) is 16.5 Å². The van der Waals surface area contributed by atoms with Gasteiger partial charge in [0.25, 0.3) is 0 Å². The van der Waals surface area contributed by atoms with Gasteiger partial charge in [-0.05, 0) is 34.7 Å². The molecule has 0 saturated heterocycles. The number of carbonyl (C=O) groups excluding carboxylic acids is 1. The predicted octanol–water partition coefficient (Wildman–Crippen LogP) is 3.51. The van der Waals surface area contributed by atoms with E-state index < -0.39 is 5.82 Å². The van der Waals surface area contributed by atoms with E-state index in [0.29, 0.717) is 3.57 Å². The highest BCUT2D eigenvalue weighted by Crippen LogP contribution is 2.25. The molecule has 13 heavy (non-hydrogen) atoms. The van der Waals surface area contributed by atoms with Crippen LogP contribution in [-0.4, -0.2) is 11.7 Å². The number of benzene rings is 1. The Balaban J connectivity index is 3.33. The number of alkyl halides is 1. The Kier molecular flexibility index (Phi) is 3.94. The van der Waals surface area contributed by atoms with Crippen molar-refractivity contribution in [3.63, 3.8) is 0 Å². The van der Waals surface area contributed by atoms with E-state index in [1.807, 2.05) is 22.6 Å². The van der Waals surface area contributed by atoms with Gasteiger partial charge in [0.15, 0.2) is 5.78 Å². The summed E-state index contributed by atoms with van der Waals surface area (Å²) in [7, 11) is 0. The summed E-state index contributed by atoms with van der Waals surface area (Å²) in [4.78, 5) is 11.2. The van der Waals surface area contributed by atoms with E-state index in [0.717, 1.165) is 0 Å². The highest BCUT2D eigenvalue weighted by Gasteiger charge is 2.16. The quantitative estimate of drug-likeness (QED) is 0.350. The standard InChI is InChI=1S/C8H4Cl2FIO/c9-3-6(13)7-5(12)2-1-4(11)8(7)10/h1-2H,3H2. The van der Waals surface area contributed by atoms with Crippen LogP contribution in [0.1, 0.15) is 10.4 Å². The number of hydrogen-bond acceptors (Lipinski definition) is 1. The largest absolute Gasteiger partial charge is 0.293 e. The molecule has 0 N–H and O–H groups in total. The Morgan fingerprint density at radius 1 is 1.54 bits per heavy atom. The van der Waals surface area contributed by atoms with Crippen molar-refractivity contribution >= 4 is 51.6 Å². The fraction of sp³-hybridized carbons (Fsp3) is 0.125. The highest BCUT2D eigenvalue weighted by molar-refractivity contribution is 14.1. The molecule has 1 aromatic rings. The van der Waals surface area contributed by atoms with Crippen LogP contribution in [0.4, 0.5) is 4.39 Å². The van der Waals surface area contributed by atoms with Crippen molar-refractivity contribution in [2.75, 3.05) is 5.88 Å². The van der Waals surface area contributed by atoms with Crippen molar-refractivity contribution in [1.29, 1.82) is 0 Å². The lowest BCUT2D eigenvalue weighted by atomic mass is 10.1. The normalized spacial score (nSPS) is 10.2. The average molecular weight is 333 g/mol. The maximum absolute atomic E-state index is 12.9. The number of rotatable bonds is 2. The molecule has 0 aliphatic heterocycles. The van der Waals surface area contributed by atoms with Gasteiger partial charge in [-0.1, -0.05) is 11.6 Å². The van der Waals surface area contributed by atoms with E-state index >= 15 is 0 Å². The molecule has 70 valence electrons. The summed E-state index contributed by atoms with van der Waals surface area (Å²) in [6, 6.07) is 2.71. The molecule has 0 bridgehead atoms. The van der Waals surface area contributed by atoms with Crippen LogP contribution in [-0.2, 0) is 0 Å². The molecule has 0 fully saturated rings. The zero-order chi connectivity index (χ0) is 10.0. The van der Waals surface area contributed by atoms with Gasteiger partial charge in [-0.15, -0.1) is 11.6 Å². The molecule has 0 unspecified atom stereocenters. The third kappa shape index (κ3) is 2.33.